The second-order valence-corrected chi connectivity index (χ2v) is 4.41. The molecule has 0 unspecified atom stereocenters. The highest BCUT2D eigenvalue weighted by atomic mass is 19.1. The minimum atomic E-state index is -1.21. The summed E-state index contributed by atoms with van der Waals surface area (Å²) in [5.41, 5.74) is 0.618. The number of hydrogen-bond acceptors (Lipinski definition) is 2. The molecule has 4 heteroatoms. The Bertz CT molecular complexity index is 429. The fraction of sp³-hybridized carbons (Fsp3) is 0.462. The Morgan fingerprint density at radius 1 is 1.53 bits per heavy atom. The van der Waals surface area contributed by atoms with Crippen LogP contribution >= 0.6 is 0 Å². The fourth-order valence-corrected chi connectivity index (χ4v) is 2.01. The topological polar surface area (TPSA) is 40.5 Å². The number of rotatable bonds is 5. The van der Waals surface area contributed by atoms with E-state index in [1.807, 2.05) is 0 Å². The van der Waals surface area contributed by atoms with Crippen molar-refractivity contribution in [2.75, 3.05) is 6.54 Å². The van der Waals surface area contributed by atoms with Gasteiger partial charge in [-0.05, 0) is 37.1 Å². The molecular weight excluding hydrogens is 221 g/mol. The predicted octanol–water partition coefficient (Wildman–Crippen LogP) is 2.51. The van der Waals surface area contributed by atoms with Gasteiger partial charge in [-0.1, -0.05) is 13.0 Å². The Balaban J connectivity index is 2.15. The zero-order chi connectivity index (χ0) is 12.4. The van der Waals surface area contributed by atoms with Gasteiger partial charge in [0.1, 0.15) is 5.82 Å². The highest BCUT2D eigenvalue weighted by Crippen LogP contribution is 2.28. The Kier molecular flexibility index (Phi) is 3.43. The van der Waals surface area contributed by atoms with Gasteiger partial charge in [-0.3, -0.25) is 4.90 Å². The van der Waals surface area contributed by atoms with Gasteiger partial charge in [-0.25, -0.2) is 9.18 Å². The summed E-state index contributed by atoms with van der Waals surface area (Å²) in [4.78, 5) is 13.1. The number of halogens is 1. The average Bonchev–Trinajstić information content (AvgIpc) is 3.11. The normalized spacial score (nSPS) is 15.2. The van der Waals surface area contributed by atoms with Crippen molar-refractivity contribution in [3.05, 3.63) is 35.1 Å². The van der Waals surface area contributed by atoms with E-state index in [1.54, 1.807) is 6.07 Å². The number of aromatic carboxylic acids is 1. The van der Waals surface area contributed by atoms with Crippen molar-refractivity contribution in [2.24, 2.45) is 0 Å². The molecule has 1 saturated carbocycles. The molecule has 0 heterocycles. The van der Waals surface area contributed by atoms with E-state index >= 15 is 0 Å². The average molecular weight is 237 g/mol. The molecule has 92 valence electrons. The maximum absolute atomic E-state index is 13.2. The van der Waals surface area contributed by atoms with Crippen LogP contribution in [0.4, 0.5) is 4.39 Å². The van der Waals surface area contributed by atoms with E-state index in [4.69, 9.17) is 5.11 Å². The molecule has 0 saturated heterocycles. The third-order valence-corrected chi connectivity index (χ3v) is 3.12. The molecule has 1 aliphatic rings. The van der Waals surface area contributed by atoms with E-state index < -0.39 is 11.8 Å². The van der Waals surface area contributed by atoms with E-state index in [9.17, 15) is 9.18 Å². The van der Waals surface area contributed by atoms with Gasteiger partial charge in [0.05, 0.1) is 5.56 Å². The van der Waals surface area contributed by atoms with Crippen LogP contribution in [0.1, 0.15) is 35.7 Å². The van der Waals surface area contributed by atoms with E-state index in [1.165, 1.54) is 25.0 Å². The van der Waals surface area contributed by atoms with Crippen LogP contribution in [-0.2, 0) is 6.54 Å². The van der Waals surface area contributed by atoms with Gasteiger partial charge < -0.3 is 5.11 Å². The fourth-order valence-electron chi connectivity index (χ4n) is 2.01. The molecule has 0 spiro atoms. The zero-order valence-corrected chi connectivity index (χ0v) is 9.82. The van der Waals surface area contributed by atoms with Crippen molar-refractivity contribution in [3.8, 4) is 0 Å². The third kappa shape index (κ3) is 2.82. The molecule has 0 bridgehead atoms. The van der Waals surface area contributed by atoms with Crippen LogP contribution in [0, 0.1) is 5.82 Å². The molecule has 0 amide bonds. The lowest BCUT2D eigenvalue weighted by atomic mass is 10.1. The summed E-state index contributed by atoms with van der Waals surface area (Å²) in [6, 6.07) is 4.95. The molecule has 1 N–H and O–H groups in total. The highest BCUT2D eigenvalue weighted by molar-refractivity contribution is 5.88. The zero-order valence-electron chi connectivity index (χ0n) is 9.82. The molecule has 1 aromatic rings. The summed E-state index contributed by atoms with van der Waals surface area (Å²) in [6.07, 6.45) is 2.42. The second kappa shape index (κ2) is 4.84. The first-order valence-electron chi connectivity index (χ1n) is 5.87. The lowest BCUT2D eigenvalue weighted by Crippen LogP contribution is -2.25. The van der Waals surface area contributed by atoms with E-state index in [-0.39, 0.29) is 5.56 Å². The molecule has 1 aromatic carbocycles. The quantitative estimate of drug-likeness (QED) is 0.855. The molecule has 3 nitrogen and oxygen atoms in total. The van der Waals surface area contributed by atoms with Gasteiger partial charge in [0.15, 0.2) is 0 Å². The minimum Gasteiger partial charge on any atom is -0.478 e. The maximum Gasteiger partial charge on any atom is 0.338 e. The summed E-state index contributed by atoms with van der Waals surface area (Å²) in [5, 5.41) is 8.85. The van der Waals surface area contributed by atoms with Crippen LogP contribution in [0.5, 0.6) is 0 Å². The number of carbonyl (C=O) groups is 1. The number of nitrogens with zero attached hydrogens (tertiary/aromatic N) is 1. The van der Waals surface area contributed by atoms with Crippen molar-refractivity contribution in [3.63, 3.8) is 0 Å². The highest BCUT2D eigenvalue weighted by Gasteiger charge is 2.27. The molecule has 2 rings (SSSR count). The predicted molar refractivity (Wildman–Crippen MR) is 62.5 cm³/mol. The van der Waals surface area contributed by atoms with E-state index in [0.717, 1.165) is 12.1 Å². The molecule has 1 aliphatic carbocycles. The minimum absolute atomic E-state index is 0.241. The SMILES string of the molecule is CCN(Cc1ccc(F)c(C(=O)O)c1)C1CC1. The monoisotopic (exact) mass is 237 g/mol. The lowest BCUT2D eigenvalue weighted by molar-refractivity contribution is 0.0691. The van der Waals surface area contributed by atoms with Gasteiger partial charge in [0, 0.05) is 12.6 Å². The van der Waals surface area contributed by atoms with Crippen LogP contribution in [0.2, 0.25) is 0 Å². The molecular formula is C13H16FNO2. The first-order chi connectivity index (χ1) is 8.11. The summed E-state index contributed by atoms with van der Waals surface area (Å²) in [6.45, 7) is 3.71. The molecule has 17 heavy (non-hydrogen) atoms. The van der Waals surface area contributed by atoms with Crippen LogP contribution < -0.4 is 0 Å². The first-order valence-corrected chi connectivity index (χ1v) is 5.87. The first kappa shape index (κ1) is 12.0. The Labute approximate surface area is 99.9 Å². The molecule has 0 atom stereocenters. The molecule has 0 aromatic heterocycles. The summed E-state index contributed by atoms with van der Waals surface area (Å²) < 4.78 is 13.2. The van der Waals surface area contributed by atoms with Crippen molar-refractivity contribution in [1.29, 1.82) is 0 Å². The maximum atomic E-state index is 13.2. The number of hydrogen-bond donors (Lipinski definition) is 1. The number of benzene rings is 1. The van der Waals surface area contributed by atoms with Gasteiger partial charge in [0.2, 0.25) is 0 Å². The standard InChI is InChI=1S/C13H16FNO2/c1-2-15(10-4-5-10)8-9-3-6-12(14)11(7-9)13(16)17/h3,6-7,10H,2,4-5,8H2,1H3,(H,16,17). The smallest absolute Gasteiger partial charge is 0.338 e. The van der Waals surface area contributed by atoms with Gasteiger partial charge >= 0.3 is 5.97 Å². The third-order valence-electron chi connectivity index (χ3n) is 3.12. The van der Waals surface area contributed by atoms with Crippen molar-refractivity contribution in [1.82, 2.24) is 4.90 Å². The number of carboxylic acids is 1. The summed E-state index contributed by atoms with van der Waals surface area (Å²) in [5.74, 6) is -1.88. The van der Waals surface area contributed by atoms with Crippen molar-refractivity contribution in [2.45, 2.75) is 32.4 Å². The van der Waals surface area contributed by atoms with Gasteiger partial charge in [0.25, 0.3) is 0 Å². The van der Waals surface area contributed by atoms with Crippen LogP contribution in [0.15, 0.2) is 18.2 Å². The van der Waals surface area contributed by atoms with E-state index in [2.05, 4.69) is 11.8 Å². The van der Waals surface area contributed by atoms with Gasteiger partial charge in [-0.15, -0.1) is 0 Å². The largest absolute Gasteiger partial charge is 0.478 e. The van der Waals surface area contributed by atoms with Crippen LogP contribution in [0.25, 0.3) is 0 Å². The Morgan fingerprint density at radius 2 is 2.24 bits per heavy atom. The molecule has 1 fully saturated rings. The Hall–Kier alpha value is -1.42. The number of carboxylic acid groups (broad SMARTS) is 1. The van der Waals surface area contributed by atoms with Gasteiger partial charge in [-0.2, -0.15) is 0 Å². The lowest BCUT2D eigenvalue weighted by Gasteiger charge is -2.19. The van der Waals surface area contributed by atoms with Crippen molar-refractivity contribution < 1.29 is 14.3 Å². The van der Waals surface area contributed by atoms with Crippen LogP contribution in [-0.4, -0.2) is 28.6 Å². The molecule has 0 aliphatic heterocycles. The second-order valence-electron chi connectivity index (χ2n) is 4.41. The Morgan fingerprint density at radius 3 is 2.76 bits per heavy atom. The molecule has 0 radical (unpaired) electrons. The van der Waals surface area contributed by atoms with E-state index in [0.29, 0.717) is 12.6 Å². The summed E-state index contributed by atoms with van der Waals surface area (Å²) in [7, 11) is 0. The van der Waals surface area contributed by atoms with Crippen molar-refractivity contribution >= 4 is 5.97 Å². The van der Waals surface area contributed by atoms with Crippen LogP contribution in [0.3, 0.4) is 0 Å². The summed E-state index contributed by atoms with van der Waals surface area (Å²) >= 11 is 0.